The molecule has 2 N–H and O–H groups in total. The number of aryl methyl sites for hydroxylation is 1. The molecule has 0 radical (unpaired) electrons. The molecule has 1 heterocycles. The van der Waals surface area contributed by atoms with Crippen LogP contribution in [0, 0.1) is 0 Å². The normalized spacial score (nSPS) is 10.5. The van der Waals surface area contributed by atoms with Gasteiger partial charge in [0.15, 0.2) is 5.95 Å². The maximum absolute atomic E-state index is 5.73. The van der Waals surface area contributed by atoms with Crippen LogP contribution < -0.4 is 10.5 Å². The Bertz CT molecular complexity index is 510. The molecule has 0 amide bonds. The Morgan fingerprint density at radius 1 is 1.47 bits per heavy atom. The molecular formula is C12H14BrN3O. The molecule has 0 atom stereocenters. The van der Waals surface area contributed by atoms with Gasteiger partial charge in [0.2, 0.25) is 0 Å². The molecule has 0 fully saturated rings. The smallest absolute Gasteiger partial charge is 0.200 e. The highest BCUT2D eigenvalue weighted by molar-refractivity contribution is 9.10. The third-order valence-electron chi connectivity index (χ3n) is 2.38. The van der Waals surface area contributed by atoms with E-state index in [-0.39, 0.29) is 0 Å². The number of aromatic nitrogens is 2. The van der Waals surface area contributed by atoms with Gasteiger partial charge in [-0.25, -0.2) is 4.98 Å². The zero-order chi connectivity index (χ0) is 12.3. The van der Waals surface area contributed by atoms with Gasteiger partial charge >= 0.3 is 0 Å². The summed E-state index contributed by atoms with van der Waals surface area (Å²) in [6.45, 7) is 3.26. The summed E-state index contributed by atoms with van der Waals surface area (Å²) in [4.78, 5) is 4.22. The summed E-state index contributed by atoms with van der Waals surface area (Å²) in [5.74, 6) is 1.34. The minimum atomic E-state index is 0.424. The fraction of sp³-hybridized carbons (Fsp3) is 0.250. The number of nitrogens with zero attached hydrogens (tertiary/aromatic N) is 2. The second kappa shape index (κ2) is 5.23. The van der Waals surface area contributed by atoms with Gasteiger partial charge in [-0.15, -0.1) is 0 Å². The third-order valence-corrected chi connectivity index (χ3v) is 2.87. The van der Waals surface area contributed by atoms with E-state index in [0.717, 1.165) is 22.5 Å². The van der Waals surface area contributed by atoms with E-state index in [1.54, 1.807) is 0 Å². The molecule has 0 aliphatic carbocycles. The SMILES string of the molecule is CCn1cc(COc2cccc(Br)c2)nc1N. The quantitative estimate of drug-likeness (QED) is 0.944. The lowest BCUT2D eigenvalue weighted by Gasteiger charge is -2.03. The molecule has 0 bridgehead atoms. The standard InChI is InChI=1S/C12H14BrN3O/c1-2-16-7-10(15-12(16)14)8-17-11-5-3-4-9(13)6-11/h3-7H,2,8H2,1H3,(H2,14,15). The van der Waals surface area contributed by atoms with Crippen molar-refractivity contribution < 1.29 is 4.74 Å². The molecule has 5 heteroatoms. The van der Waals surface area contributed by atoms with E-state index < -0.39 is 0 Å². The van der Waals surface area contributed by atoms with Gasteiger partial charge in [0.1, 0.15) is 12.4 Å². The maximum atomic E-state index is 5.73. The number of anilines is 1. The molecule has 0 aliphatic rings. The summed E-state index contributed by atoms with van der Waals surface area (Å²) in [5, 5.41) is 0. The lowest BCUT2D eigenvalue weighted by atomic mass is 10.3. The van der Waals surface area contributed by atoms with Gasteiger partial charge in [-0.1, -0.05) is 22.0 Å². The number of halogens is 1. The van der Waals surface area contributed by atoms with Gasteiger partial charge in [-0.2, -0.15) is 0 Å². The Morgan fingerprint density at radius 3 is 2.94 bits per heavy atom. The summed E-state index contributed by atoms with van der Waals surface area (Å²) in [5.41, 5.74) is 6.57. The number of imidazole rings is 1. The second-order valence-corrected chi connectivity index (χ2v) is 4.54. The van der Waals surface area contributed by atoms with E-state index in [9.17, 15) is 0 Å². The van der Waals surface area contributed by atoms with Crippen molar-refractivity contribution in [1.82, 2.24) is 9.55 Å². The first-order chi connectivity index (χ1) is 8.19. The van der Waals surface area contributed by atoms with Crippen LogP contribution in [0.4, 0.5) is 5.95 Å². The number of nitrogen functional groups attached to an aromatic ring is 1. The van der Waals surface area contributed by atoms with Gasteiger partial charge in [-0.3, -0.25) is 0 Å². The highest BCUT2D eigenvalue weighted by Gasteiger charge is 2.04. The maximum Gasteiger partial charge on any atom is 0.200 e. The first-order valence-corrected chi connectivity index (χ1v) is 6.18. The molecule has 0 saturated heterocycles. The molecule has 1 aromatic carbocycles. The topological polar surface area (TPSA) is 53.1 Å². The third kappa shape index (κ3) is 3.00. The summed E-state index contributed by atoms with van der Waals surface area (Å²) in [6.07, 6.45) is 1.91. The molecule has 4 nitrogen and oxygen atoms in total. The van der Waals surface area contributed by atoms with Gasteiger partial charge < -0.3 is 15.0 Å². The number of hydrogen-bond acceptors (Lipinski definition) is 3. The number of nitrogens with two attached hydrogens (primary N) is 1. The number of rotatable bonds is 4. The van der Waals surface area contributed by atoms with Crippen LogP contribution in [0.15, 0.2) is 34.9 Å². The average Bonchev–Trinajstić information content (AvgIpc) is 2.67. The van der Waals surface area contributed by atoms with Crippen LogP contribution in [0.3, 0.4) is 0 Å². The van der Waals surface area contributed by atoms with E-state index in [1.165, 1.54) is 0 Å². The molecule has 0 saturated carbocycles. The van der Waals surface area contributed by atoms with Gasteiger partial charge in [-0.05, 0) is 25.1 Å². The van der Waals surface area contributed by atoms with E-state index in [0.29, 0.717) is 12.6 Å². The molecule has 2 rings (SSSR count). The van der Waals surface area contributed by atoms with E-state index in [2.05, 4.69) is 20.9 Å². The van der Waals surface area contributed by atoms with Crippen LogP contribution in [0.25, 0.3) is 0 Å². The molecule has 17 heavy (non-hydrogen) atoms. The first-order valence-electron chi connectivity index (χ1n) is 5.39. The Hall–Kier alpha value is -1.49. The Labute approximate surface area is 109 Å². The molecule has 1 aromatic heterocycles. The van der Waals surface area contributed by atoms with Gasteiger partial charge in [0.25, 0.3) is 0 Å². The largest absolute Gasteiger partial charge is 0.487 e. The van der Waals surface area contributed by atoms with Crippen molar-refractivity contribution in [1.29, 1.82) is 0 Å². The van der Waals surface area contributed by atoms with Crippen LogP contribution in [-0.2, 0) is 13.2 Å². The first kappa shape index (κ1) is 12.0. The highest BCUT2D eigenvalue weighted by Crippen LogP contribution is 2.19. The second-order valence-electron chi connectivity index (χ2n) is 3.62. The zero-order valence-electron chi connectivity index (χ0n) is 9.56. The Kier molecular flexibility index (Phi) is 3.68. The minimum absolute atomic E-state index is 0.424. The fourth-order valence-electron chi connectivity index (χ4n) is 1.52. The van der Waals surface area contributed by atoms with E-state index in [4.69, 9.17) is 10.5 Å². The van der Waals surface area contributed by atoms with Crippen molar-refractivity contribution in [3.05, 3.63) is 40.6 Å². The van der Waals surface area contributed by atoms with Crippen LogP contribution >= 0.6 is 15.9 Å². The minimum Gasteiger partial charge on any atom is -0.487 e. The molecule has 0 unspecified atom stereocenters. The molecule has 90 valence electrons. The Balaban J connectivity index is 2.02. The van der Waals surface area contributed by atoms with E-state index >= 15 is 0 Å². The van der Waals surface area contributed by atoms with E-state index in [1.807, 2.05) is 42.0 Å². The highest BCUT2D eigenvalue weighted by atomic mass is 79.9. The Morgan fingerprint density at radius 2 is 2.29 bits per heavy atom. The van der Waals surface area contributed by atoms with Crippen molar-refractivity contribution in [3.8, 4) is 5.75 Å². The molecule has 0 aliphatic heterocycles. The predicted molar refractivity (Wildman–Crippen MR) is 70.8 cm³/mol. The monoisotopic (exact) mass is 295 g/mol. The summed E-state index contributed by atoms with van der Waals surface area (Å²) >= 11 is 3.40. The summed E-state index contributed by atoms with van der Waals surface area (Å²) in [6, 6.07) is 7.71. The predicted octanol–water partition coefficient (Wildman–Crippen LogP) is 2.83. The van der Waals surface area contributed by atoms with Crippen LogP contribution in [-0.4, -0.2) is 9.55 Å². The van der Waals surface area contributed by atoms with Gasteiger partial charge in [0, 0.05) is 17.2 Å². The summed E-state index contributed by atoms with van der Waals surface area (Å²) < 4.78 is 8.51. The van der Waals surface area contributed by atoms with Crippen molar-refractivity contribution in [2.75, 3.05) is 5.73 Å². The van der Waals surface area contributed by atoms with Crippen molar-refractivity contribution in [2.45, 2.75) is 20.1 Å². The van der Waals surface area contributed by atoms with Crippen molar-refractivity contribution in [2.24, 2.45) is 0 Å². The van der Waals surface area contributed by atoms with Crippen molar-refractivity contribution in [3.63, 3.8) is 0 Å². The average molecular weight is 296 g/mol. The number of hydrogen-bond donors (Lipinski definition) is 1. The molecule has 2 aromatic rings. The molecule has 0 spiro atoms. The van der Waals surface area contributed by atoms with Crippen LogP contribution in [0.2, 0.25) is 0 Å². The van der Waals surface area contributed by atoms with Crippen molar-refractivity contribution >= 4 is 21.9 Å². The van der Waals surface area contributed by atoms with Gasteiger partial charge in [0.05, 0.1) is 5.69 Å². The van der Waals surface area contributed by atoms with Crippen LogP contribution in [0.5, 0.6) is 5.75 Å². The lowest BCUT2D eigenvalue weighted by molar-refractivity contribution is 0.301. The van der Waals surface area contributed by atoms with Crippen LogP contribution in [0.1, 0.15) is 12.6 Å². The lowest BCUT2D eigenvalue weighted by Crippen LogP contribution is -1.98. The fourth-order valence-corrected chi connectivity index (χ4v) is 1.90. The number of ether oxygens (including phenoxy) is 1. The zero-order valence-corrected chi connectivity index (χ0v) is 11.1. The summed E-state index contributed by atoms with van der Waals surface area (Å²) in [7, 11) is 0. The molecular weight excluding hydrogens is 282 g/mol. The number of benzene rings is 1.